The summed E-state index contributed by atoms with van der Waals surface area (Å²) in [4.78, 5) is 0. The van der Waals surface area contributed by atoms with Crippen LogP contribution < -0.4 is 5.32 Å². The number of rotatable bonds is 5. The van der Waals surface area contributed by atoms with E-state index < -0.39 is 0 Å². The molecule has 1 N–H and O–H groups in total. The molecule has 2 aliphatic carbocycles. The quantitative estimate of drug-likeness (QED) is 0.737. The van der Waals surface area contributed by atoms with Crippen LogP contribution in [0.2, 0.25) is 0 Å². The molecule has 0 aromatic carbocycles. The summed E-state index contributed by atoms with van der Waals surface area (Å²) in [7, 11) is 2.22. The minimum absolute atomic E-state index is 0.809. The molecule has 2 rings (SSSR count). The third-order valence-electron chi connectivity index (χ3n) is 6.15. The predicted molar refractivity (Wildman–Crippen MR) is 84.3 cm³/mol. The molecule has 0 saturated heterocycles. The Morgan fingerprint density at radius 2 is 1.32 bits per heavy atom. The first-order chi connectivity index (χ1) is 9.28. The van der Waals surface area contributed by atoms with Gasteiger partial charge in [0.05, 0.1) is 0 Å². The zero-order chi connectivity index (χ0) is 13.7. The predicted octanol–water partition coefficient (Wildman–Crippen LogP) is 5.01. The molecule has 0 aromatic rings. The molecule has 0 heterocycles. The van der Waals surface area contributed by atoms with Crippen LogP contribution in [0.15, 0.2) is 0 Å². The molecule has 112 valence electrons. The Morgan fingerprint density at radius 1 is 0.842 bits per heavy atom. The summed E-state index contributed by atoms with van der Waals surface area (Å²) in [6.45, 7) is 4.77. The van der Waals surface area contributed by atoms with E-state index in [1.807, 2.05) is 0 Å². The van der Waals surface area contributed by atoms with Crippen LogP contribution in [0, 0.1) is 23.7 Å². The van der Waals surface area contributed by atoms with Crippen LogP contribution in [0.25, 0.3) is 0 Å². The first-order valence-electron chi connectivity index (χ1n) is 8.95. The summed E-state index contributed by atoms with van der Waals surface area (Å²) in [5.74, 6) is 3.95. The molecular formula is C18H35N. The van der Waals surface area contributed by atoms with Crippen LogP contribution in [0.5, 0.6) is 0 Å². The van der Waals surface area contributed by atoms with Gasteiger partial charge >= 0.3 is 0 Å². The highest BCUT2D eigenvalue weighted by Gasteiger charge is 2.34. The molecule has 1 nitrogen and oxygen atoms in total. The molecular weight excluding hydrogens is 230 g/mol. The van der Waals surface area contributed by atoms with Gasteiger partial charge < -0.3 is 5.32 Å². The zero-order valence-corrected chi connectivity index (χ0v) is 13.5. The molecule has 0 aromatic heterocycles. The van der Waals surface area contributed by atoms with Gasteiger partial charge in [-0.2, -0.15) is 0 Å². The van der Waals surface area contributed by atoms with Crippen molar-refractivity contribution in [2.45, 2.75) is 84.1 Å². The van der Waals surface area contributed by atoms with Gasteiger partial charge in [0.1, 0.15) is 0 Å². The van der Waals surface area contributed by atoms with E-state index in [-0.39, 0.29) is 0 Å². The lowest BCUT2D eigenvalue weighted by molar-refractivity contribution is 0.130. The van der Waals surface area contributed by atoms with E-state index >= 15 is 0 Å². The van der Waals surface area contributed by atoms with Crippen molar-refractivity contribution < 1.29 is 0 Å². The third-order valence-corrected chi connectivity index (χ3v) is 6.15. The SMILES string of the molecule is CCC1CCCC(C(NC)C2CCCC(CC)C2)C1. The first-order valence-corrected chi connectivity index (χ1v) is 8.95. The molecule has 1 heteroatoms. The van der Waals surface area contributed by atoms with Crippen molar-refractivity contribution in [2.75, 3.05) is 7.05 Å². The normalized spacial score (nSPS) is 38.1. The third kappa shape index (κ3) is 3.97. The van der Waals surface area contributed by atoms with Crippen LogP contribution in [0.4, 0.5) is 0 Å². The summed E-state index contributed by atoms with van der Waals surface area (Å²) in [5.41, 5.74) is 0. The standard InChI is InChI=1S/C18H35N/c1-4-14-8-6-10-16(12-14)18(19-3)17-11-7-9-15(5-2)13-17/h14-19H,4-13H2,1-3H3. The highest BCUT2D eigenvalue weighted by atomic mass is 14.9. The fraction of sp³-hybridized carbons (Fsp3) is 1.00. The largest absolute Gasteiger partial charge is 0.316 e. The number of nitrogens with one attached hydrogen (secondary N) is 1. The fourth-order valence-electron chi connectivity index (χ4n) is 4.92. The Hall–Kier alpha value is -0.0400. The van der Waals surface area contributed by atoms with Gasteiger partial charge in [-0.15, -0.1) is 0 Å². The maximum Gasteiger partial charge on any atom is 0.0121 e. The van der Waals surface area contributed by atoms with Gasteiger partial charge in [-0.1, -0.05) is 52.4 Å². The van der Waals surface area contributed by atoms with Crippen LogP contribution in [0.3, 0.4) is 0 Å². The Bertz CT molecular complexity index is 226. The second kappa shape index (κ2) is 7.67. The molecule has 0 radical (unpaired) electrons. The molecule has 0 bridgehead atoms. The van der Waals surface area contributed by atoms with Crippen molar-refractivity contribution >= 4 is 0 Å². The van der Waals surface area contributed by atoms with Gasteiger partial charge in [0.15, 0.2) is 0 Å². The molecule has 2 saturated carbocycles. The lowest BCUT2D eigenvalue weighted by Crippen LogP contribution is -2.43. The lowest BCUT2D eigenvalue weighted by Gasteiger charge is -2.41. The Kier molecular flexibility index (Phi) is 6.19. The van der Waals surface area contributed by atoms with Crippen molar-refractivity contribution in [3.63, 3.8) is 0 Å². The van der Waals surface area contributed by atoms with E-state index in [9.17, 15) is 0 Å². The highest BCUT2D eigenvalue weighted by molar-refractivity contribution is 4.89. The van der Waals surface area contributed by atoms with Crippen molar-refractivity contribution in [3.8, 4) is 0 Å². The maximum absolute atomic E-state index is 3.73. The fourth-order valence-corrected chi connectivity index (χ4v) is 4.92. The van der Waals surface area contributed by atoms with Gasteiger partial charge in [-0.05, 0) is 56.4 Å². The monoisotopic (exact) mass is 265 g/mol. The van der Waals surface area contributed by atoms with Gasteiger partial charge in [-0.25, -0.2) is 0 Å². The van der Waals surface area contributed by atoms with E-state index in [2.05, 4.69) is 26.2 Å². The molecule has 19 heavy (non-hydrogen) atoms. The molecule has 0 amide bonds. The number of hydrogen-bond donors (Lipinski definition) is 1. The molecule has 2 aliphatic rings. The number of hydrogen-bond acceptors (Lipinski definition) is 1. The minimum atomic E-state index is 0.809. The summed E-state index contributed by atoms with van der Waals surface area (Å²) < 4.78 is 0. The van der Waals surface area contributed by atoms with E-state index in [1.165, 1.54) is 64.2 Å². The van der Waals surface area contributed by atoms with Crippen molar-refractivity contribution in [3.05, 3.63) is 0 Å². The molecule has 4 unspecified atom stereocenters. The van der Waals surface area contributed by atoms with E-state index in [0.717, 1.165) is 29.7 Å². The van der Waals surface area contributed by atoms with Gasteiger partial charge in [0.25, 0.3) is 0 Å². The van der Waals surface area contributed by atoms with E-state index in [1.54, 1.807) is 0 Å². The second-order valence-electron chi connectivity index (χ2n) is 7.22. The van der Waals surface area contributed by atoms with Gasteiger partial charge in [0, 0.05) is 6.04 Å². The van der Waals surface area contributed by atoms with Crippen LogP contribution in [0.1, 0.15) is 78.1 Å². The lowest BCUT2D eigenvalue weighted by atomic mass is 9.68. The van der Waals surface area contributed by atoms with Crippen molar-refractivity contribution in [1.29, 1.82) is 0 Å². The van der Waals surface area contributed by atoms with E-state index in [0.29, 0.717) is 0 Å². The topological polar surface area (TPSA) is 12.0 Å². The average Bonchev–Trinajstić information content (AvgIpc) is 2.48. The Balaban J connectivity index is 1.94. The summed E-state index contributed by atoms with van der Waals surface area (Å²) in [6, 6.07) is 0.809. The van der Waals surface area contributed by atoms with Crippen LogP contribution in [-0.2, 0) is 0 Å². The molecule has 0 spiro atoms. The Morgan fingerprint density at radius 3 is 1.68 bits per heavy atom. The Labute approximate surface area is 120 Å². The van der Waals surface area contributed by atoms with Crippen molar-refractivity contribution in [2.24, 2.45) is 23.7 Å². The molecule has 0 aliphatic heterocycles. The smallest absolute Gasteiger partial charge is 0.0121 e. The van der Waals surface area contributed by atoms with Crippen molar-refractivity contribution in [1.82, 2.24) is 5.32 Å². The van der Waals surface area contributed by atoms with Gasteiger partial charge in [0.2, 0.25) is 0 Å². The van der Waals surface area contributed by atoms with Crippen LogP contribution >= 0.6 is 0 Å². The van der Waals surface area contributed by atoms with Gasteiger partial charge in [-0.3, -0.25) is 0 Å². The second-order valence-corrected chi connectivity index (χ2v) is 7.22. The first kappa shape index (κ1) is 15.4. The van der Waals surface area contributed by atoms with Crippen LogP contribution in [-0.4, -0.2) is 13.1 Å². The molecule has 2 fully saturated rings. The summed E-state index contributed by atoms with van der Waals surface area (Å²) in [5, 5.41) is 3.73. The zero-order valence-electron chi connectivity index (χ0n) is 13.5. The summed E-state index contributed by atoms with van der Waals surface area (Å²) in [6.07, 6.45) is 14.7. The molecule has 4 atom stereocenters. The maximum atomic E-state index is 3.73. The van der Waals surface area contributed by atoms with E-state index in [4.69, 9.17) is 0 Å². The minimum Gasteiger partial charge on any atom is -0.316 e. The average molecular weight is 265 g/mol. The highest BCUT2D eigenvalue weighted by Crippen LogP contribution is 2.40. The summed E-state index contributed by atoms with van der Waals surface area (Å²) >= 11 is 0.